The minimum absolute atomic E-state index is 0.0394. The lowest BCUT2D eigenvalue weighted by Crippen LogP contribution is -2.26. The average Bonchev–Trinajstić information content (AvgIpc) is 2.81. The highest BCUT2D eigenvalue weighted by atomic mass is 16.6. The van der Waals surface area contributed by atoms with Gasteiger partial charge in [-0.2, -0.15) is 0 Å². The van der Waals surface area contributed by atoms with Crippen LogP contribution in [0.4, 0.5) is 0 Å². The Labute approximate surface area is 95.7 Å². The molecule has 0 radical (unpaired) electrons. The summed E-state index contributed by atoms with van der Waals surface area (Å²) >= 11 is 0. The Morgan fingerprint density at radius 2 is 2.12 bits per heavy atom. The molecule has 0 aromatic heterocycles. The van der Waals surface area contributed by atoms with Gasteiger partial charge < -0.3 is 10.1 Å². The van der Waals surface area contributed by atoms with Crippen LogP contribution >= 0.6 is 0 Å². The minimum Gasteiger partial charge on any atom is -0.460 e. The second kappa shape index (κ2) is 3.75. The van der Waals surface area contributed by atoms with E-state index in [1.807, 2.05) is 20.8 Å². The minimum atomic E-state index is -0.428. The van der Waals surface area contributed by atoms with E-state index >= 15 is 0 Å². The van der Waals surface area contributed by atoms with Gasteiger partial charge in [0.15, 0.2) is 0 Å². The molecule has 90 valence electrons. The Hall–Kier alpha value is -1.06. The van der Waals surface area contributed by atoms with Crippen molar-refractivity contribution >= 4 is 11.9 Å². The fraction of sp³-hybridized carbons (Fsp3) is 0.833. The van der Waals surface area contributed by atoms with Crippen LogP contribution in [-0.4, -0.2) is 24.0 Å². The molecule has 0 bridgehead atoms. The van der Waals surface area contributed by atoms with Crippen LogP contribution in [0, 0.1) is 17.8 Å². The molecule has 16 heavy (non-hydrogen) atoms. The van der Waals surface area contributed by atoms with Crippen LogP contribution in [0.15, 0.2) is 0 Å². The largest absolute Gasteiger partial charge is 0.460 e. The average molecular weight is 225 g/mol. The maximum absolute atomic E-state index is 11.7. The van der Waals surface area contributed by atoms with E-state index < -0.39 is 5.60 Å². The zero-order valence-electron chi connectivity index (χ0n) is 10.1. The van der Waals surface area contributed by atoms with E-state index in [0.717, 1.165) is 19.4 Å². The second-order valence-corrected chi connectivity index (χ2v) is 5.73. The molecule has 2 aliphatic rings. The zero-order valence-corrected chi connectivity index (χ0v) is 10.1. The normalized spacial score (nSPS) is 33.4. The third-order valence-corrected chi connectivity index (χ3v) is 3.16. The topological polar surface area (TPSA) is 55.4 Å². The first-order valence-corrected chi connectivity index (χ1v) is 5.89. The fourth-order valence-corrected chi connectivity index (χ4v) is 2.33. The number of hydrogen-bond acceptors (Lipinski definition) is 3. The van der Waals surface area contributed by atoms with Crippen LogP contribution < -0.4 is 5.32 Å². The summed E-state index contributed by atoms with van der Waals surface area (Å²) in [5.41, 5.74) is -0.428. The van der Waals surface area contributed by atoms with Crippen molar-refractivity contribution in [2.45, 2.75) is 39.2 Å². The maximum atomic E-state index is 11.7. The van der Waals surface area contributed by atoms with Gasteiger partial charge in [0.25, 0.3) is 0 Å². The monoisotopic (exact) mass is 225 g/mol. The van der Waals surface area contributed by atoms with Crippen molar-refractivity contribution in [3.8, 4) is 0 Å². The number of hydrogen-bond donors (Lipinski definition) is 1. The van der Waals surface area contributed by atoms with Crippen molar-refractivity contribution < 1.29 is 14.3 Å². The summed E-state index contributed by atoms with van der Waals surface area (Å²) in [6.45, 7) is 6.35. The molecular formula is C12H19NO3. The Bertz CT molecular complexity index is 319. The van der Waals surface area contributed by atoms with Gasteiger partial charge in [-0.25, -0.2) is 0 Å². The Kier molecular flexibility index (Phi) is 2.68. The van der Waals surface area contributed by atoms with Gasteiger partial charge in [-0.3, -0.25) is 9.59 Å². The maximum Gasteiger partial charge on any atom is 0.309 e. The number of nitrogens with one attached hydrogen (secondary N) is 1. The third kappa shape index (κ3) is 2.36. The number of ether oxygens (including phenoxy) is 1. The van der Waals surface area contributed by atoms with E-state index in [9.17, 15) is 9.59 Å². The van der Waals surface area contributed by atoms with Crippen molar-refractivity contribution in [2.75, 3.05) is 6.54 Å². The van der Waals surface area contributed by atoms with Crippen LogP contribution in [0.25, 0.3) is 0 Å². The molecule has 4 heteroatoms. The molecule has 1 amide bonds. The van der Waals surface area contributed by atoms with Gasteiger partial charge in [0.2, 0.25) is 5.91 Å². The van der Waals surface area contributed by atoms with Crippen molar-refractivity contribution in [3.05, 3.63) is 0 Å². The third-order valence-electron chi connectivity index (χ3n) is 3.16. The lowest BCUT2D eigenvalue weighted by Gasteiger charge is -2.19. The zero-order chi connectivity index (χ0) is 11.9. The molecule has 1 saturated heterocycles. The summed E-state index contributed by atoms with van der Waals surface area (Å²) in [5.74, 6) is 0.177. The van der Waals surface area contributed by atoms with E-state index in [2.05, 4.69) is 5.32 Å². The molecular weight excluding hydrogens is 206 g/mol. The quantitative estimate of drug-likeness (QED) is 0.716. The van der Waals surface area contributed by atoms with E-state index in [-0.39, 0.29) is 29.6 Å². The lowest BCUT2D eigenvalue weighted by molar-refractivity contribution is -0.157. The molecule has 1 saturated carbocycles. The van der Waals surface area contributed by atoms with Gasteiger partial charge in [-0.15, -0.1) is 0 Å². The number of carbonyl (C=O) groups is 2. The molecule has 1 N–H and O–H groups in total. The molecule has 3 atom stereocenters. The predicted molar refractivity (Wildman–Crippen MR) is 58.6 cm³/mol. The Morgan fingerprint density at radius 3 is 2.62 bits per heavy atom. The highest BCUT2D eigenvalue weighted by Crippen LogP contribution is 2.47. The lowest BCUT2D eigenvalue weighted by atomic mass is 10.0. The first kappa shape index (κ1) is 11.4. The van der Waals surface area contributed by atoms with Crippen LogP contribution in [-0.2, 0) is 14.3 Å². The molecule has 3 unspecified atom stereocenters. The van der Waals surface area contributed by atoms with E-state index in [0.29, 0.717) is 0 Å². The molecule has 2 rings (SSSR count). The number of carbonyl (C=O) groups excluding carboxylic acids is 2. The van der Waals surface area contributed by atoms with Crippen LogP contribution in [0.2, 0.25) is 0 Å². The summed E-state index contributed by atoms with van der Waals surface area (Å²) < 4.78 is 5.32. The van der Waals surface area contributed by atoms with Gasteiger partial charge in [-0.05, 0) is 39.5 Å². The molecule has 4 nitrogen and oxygen atoms in total. The van der Waals surface area contributed by atoms with Gasteiger partial charge >= 0.3 is 5.97 Å². The second-order valence-electron chi connectivity index (χ2n) is 5.73. The first-order valence-electron chi connectivity index (χ1n) is 5.89. The number of esters is 1. The van der Waals surface area contributed by atoms with Crippen LogP contribution in [0.1, 0.15) is 33.6 Å². The van der Waals surface area contributed by atoms with Gasteiger partial charge in [0.1, 0.15) is 5.60 Å². The van der Waals surface area contributed by atoms with E-state index in [1.54, 1.807) is 0 Å². The SMILES string of the molecule is CC(C)(C)OC(=O)C1CC1C1CCNC1=O. The highest BCUT2D eigenvalue weighted by molar-refractivity contribution is 5.84. The van der Waals surface area contributed by atoms with Gasteiger partial charge in [0, 0.05) is 12.5 Å². The Balaban J connectivity index is 1.87. The smallest absolute Gasteiger partial charge is 0.309 e. The predicted octanol–water partition coefficient (Wildman–Crippen LogP) is 1.10. The molecule has 0 aromatic carbocycles. The standard InChI is InChI=1S/C12H19NO3/c1-12(2,3)16-11(15)9-6-8(9)7-4-5-13-10(7)14/h7-9H,4-6H2,1-3H3,(H,13,14). The Morgan fingerprint density at radius 1 is 1.44 bits per heavy atom. The molecule has 2 fully saturated rings. The fourth-order valence-electron chi connectivity index (χ4n) is 2.33. The summed E-state index contributed by atoms with van der Waals surface area (Å²) in [5, 5.41) is 2.81. The van der Waals surface area contributed by atoms with Crippen molar-refractivity contribution in [2.24, 2.45) is 17.8 Å². The number of amides is 1. The molecule has 0 aromatic rings. The van der Waals surface area contributed by atoms with Crippen molar-refractivity contribution in [1.29, 1.82) is 0 Å². The number of rotatable bonds is 2. The summed E-state index contributed by atoms with van der Waals surface area (Å²) in [6, 6.07) is 0. The summed E-state index contributed by atoms with van der Waals surface area (Å²) in [4.78, 5) is 23.2. The molecule has 1 aliphatic carbocycles. The van der Waals surface area contributed by atoms with E-state index in [4.69, 9.17) is 4.74 Å². The first-order chi connectivity index (χ1) is 7.38. The summed E-state index contributed by atoms with van der Waals surface area (Å²) in [7, 11) is 0. The molecule has 1 heterocycles. The van der Waals surface area contributed by atoms with Crippen molar-refractivity contribution in [1.82, 2.24) is 5.32 Å². The van der Waals surface area contributed by atoms with E-state index in [1.165, 1.54) is 0 Å². The summed E-state index contributed by atoms with van der Waals surface area (Å²) in [6.07, 6.45) is 1.68. The van der Waals surface area contributed by atoms with Crippen LogP contribution in [0.3, 0.4) is 0 Å². The highest BCUT2D eigenvalue weighted by Gasteiger charge is 2.52. The van der Waals surface area contributed by atoms with Gasteiger partial charge in [-0.1, -0.05) is 0 Å². The van der Waals surface area contributed by atoms with Gasteiger partial charge in [0.05, 0.1) is 5.92 Å². The molecule has 0 spiro atoms. The van der Waals surface area contributed by atoms with Crippen LogP contribution in [0.5, 0.6) is 0 Å². The molecule has 1 aliphatic heterocycles. The van der Waals surface area contributed by atoms with Crippen molar-refractivity contribution in [3.63, 3.8) is 0 Å².